The second-order valence-corrected chi connectivity index (χ2v) is 7.47. The molecule has 0 N–H and O–H groups in total. The Balaban J connectivity index is 1.47. The van der Waals surface area contributed by atoms with E-state index < -0.39 is 0 Å². The summed E-state index contributed by atoms with van der Waals surface area (Å²) in [6.07, 6.45) is 4.20. The Morgan fingerprint density at radius 2 is 1.70 bits per heavy atom. The van der Waals surface area contributed by atoms with Crippen molar-refractivity contribution in [3.63, 3.8) is 0 Å². The van der Waals surface area contributed by atoms with Crippen LogP contribution in [0, 0.1) is 12.3 Å². The van der Waals surface area contributed by atoms with Crippen LogP contribution in [0.1, 0.15) is 38.7 Å². The molecule has 0 bridgehead atoms. The maximum Gasteiger partial charge on any atom is 0.0708 e. The van der Waals surface area contributed by atoms with Crippen LogP contribution in [0.5, 0.6) is 0 Å². The lowest BCUT2D eigenvalue weighted by molar-refractivity contribution is 0.0627. The summed E-state index contributed by atoms with van der Waals surface area (Å²) in [5, 5.41) is 0. The highest BCUT2D eigenvalue weighted by atomic mass is 16.5. The van der Waals surface area contributed by atoms with Gasteiger partial charge in [-0.15, -0.1) is 0 Å². The number of benzene rings is 1. The molecule has 1 unspecified atom stereocenters. The van der Waals surface area contributed by atoms with Crippen LogP contribution in [0.2, 0.25) is 0 Å². The first-order valence-electron chi connectivity index (χ1n) is 9.30. The first-order valence-corrected chi connectivity index (χ1v) is 9.30. The molecule has 3 rings (SSSR count). The molecule has 0 aliphatic carbocycles. The summed E-state index contributed by atoms with van der Waals surface area (Å²) < 4.78 is 6.12. The molecule has 0 saturated carbocycles. The van der Waals surface area contributed by atoms with E-state index in [4.69, 9.17) is 4.74 Å². The van der Waals surface area contributed by atoms with Crippen LogP contribution in [-0.2, 0) is 4.74 Å². The lowest BCUT2D eigenvalue weighted by atomic mass is 9.80. The summed E-state index contributed by atoms with van der Waals surface area (Å²) in [5.74, 6) is 0. The Morgan fingerprint density at radius 1 is 1.04 bits per heavy atom. The predicted octanol–water partition coefficient (Wildman–Crippen LogP) is 3.71. The van der Waals surface area contributed by atoms with E-state index in [0.717, 1.165) is 39.3 Å². The lowest BCUT2D eigenvalue weighted by Crippen LogP contribution is -2.48. The summed E-state index contributed by atoms with van der Waals surface area (Å²) in [4.78, 5) is 5.10. The van der Waals surface area contributed by atoms with Gasteiger partial charge in [-0.3, -0.25) is 4.90 Å². The molecule has 2 heterocycles. The van der Waals surface area contributed by atoms with Crippen LogP contribution in [-0.4, -0.2) is 50.3 Å². The normalized spacial score (nSPS) is 25.0. The van der Waals surface area contributed by atoms with Crippen molar-refractivity contribution in [2.75, 3.05) is 44.2 Å². The Hall–Kier alpha value is -1.06. The van der Waals surface area contributed by atoms with E-state index in [1.807, 2.05) is 0 Å². The Kier molecular flexibility index (Phi) is 5.27. The minimum absolute atomic E-state index is 0.445. The zero-order valence-electron chi connectivity index (χ0n) is 15.1. The minimum Gasteiger partial charge on any atom is -0.376 e. The Morgan fingerprint density at radius 3 is 2.26 bits per heavy atom. The van der Waals surface area contributed by atoms with Gasteiger partial charge in [0.15, 0.2) is 0 Å². The van der Waals surface area contributed by atoms with Crippen molar-refractivity contribution in [2.45, 2.75) is 46.1 Å². The van der Waals surface area contributed by atoms with E-state index in [1.165, 1.54) is 30.5 Å². The molecule has 2 saturated heterocycles. The predicted molar refractivity (Wildman–Crippen MR) is 97.2 cm³/mol. The van der Waals surface area contributed by atoms with E-state index in [0.29, 0.717) is 11.5 Å². The molecule has 128 valence electrons. The van der Waals surface area contributed by atoms with Gasteiger partial charge in [0.2, 0.25) is 0 Å². The highest BCUT2D eigenvalue weighted by Gasteiger charge is 2.38. The number of hydrogen-bond donors (Lipinski definition) is 0. The maximum absolute atomic E-state index is 6.12. The van der Waals surface area contributed by atoms with Gasteiger partial charge in [-0.25, -0.2) is 0 Å². The van der Waals surface area contributed by atoms with E-state index in [2.05, 4.69) is 54.8 Å². The van der Waals surface area contributed by atoms with Crippen LogP contribution in [0.4, 0.5) is 5.69 Å². The molecule has 1 aromatic rings. The van der Waals surface area contributed by atoms with Crippen LogP contribution >= 0.6 is 0 Å². The zero-order chi connectivity index (χ0) is 16.3. The SMILES string of the molecule is CCC1(CC)COC(CN2CCN(c3ccc(C)cc3)CC2)C1. The first kappa shape index (κ1) is 16.8. The van der Waals surface area contributed by atoms with Crippen molar-refractivity contribution >= 4 is 5.69 Å². The van der Waals surface area contributed by atoms with Gasteiger partial charge in [-0.1, -0.05) is 31.5 Å². The molecule has 1 atom stereocenters. The minimum atomic E-state index is 0.445. The molecule has 23 heavy (non-hydrogen) atoms. The van der Waals surface area contributed by atoms with Crippen LogP contribution in [0.3, 0.4) is 0 Å². The third-order valence-corrected chi connectivity index (χ3v) is 6.02. The van der Waals surface area contributed by atoms with Crippen LogP contribution < -0.4 is 4.90 Å². The van der Waals surface area contributed by atoms with Crippen molar-refractivity contribution in [3.8, 4) is 0 Å². The summed E-state index contributed by atoms with van der Waals surface area (Å²) in [6.45, 7) is 13.4. The Labute approximate surface area is 141 Å². The fourth-order valence-electron chi connectivity index (χ4n) is 3.99. The van der Waals surface area contributed by atoms with Gasteiger partial charge in [0, 0.05) is 38.4 Å². The standard InChI is InChI=1S/C20H32N2O/c1-4-20(5-2)14-19(23-16-20)15-21-10-12-22(13-11-21)18-8-6-17(3)7-9-18/h6-9,19H,4-5,10-16H2,1-3H3. The molecule has 0 amide bonds. The number of nitrogens with zero attached hydrogens (tertiary/aromatic N) is 2. The van der Waals surface area contributed by atoms with Gasteiger partial charge < -0.3 is 9.64 Å². The maximum atomic E-state index is 6.12. The molecule has 1 aromatic carbocycles. The smallest absolute Gasteiger partial charge is 0.0708 e. The van der Waals surface area contributed by atoms with Gasteiger partial charge in [0.1, 0.15) is 0 Å². The molecule has 2 aliphatic rings. The first-order chi connectivity index (χ1) is 11.1. The van der Waals surface area contributed by atoms with Crippen molar-refractivity contribution in [3.05, 3.63) is 29.8 Å². The fourth-order valence-corrected chi connectivity index (χ4v) is 3.99. The number of anilines is 1. The van der Waals surface area contributed by atoms with Gasteiger partial charge in [-0.05, 0) is 43.7 Å². The Bertz CT molecular complexity index is 487. The van der Waals surface area contributed by atoms with Crippen molar-refractivity contribution in [2.24, 2.45) is 5.41 Å². The van der Waals surface area contributed by atoms with E-state index in [9.17, 15) is 0 Å². The summed E-state index contributed by atoms with van der Waals surface area (Å²) in [5.41, 5.74) is 3.15. The van der Waals surface area contributed by atoms with E-state index in [1.54, 1.807) is 0 Å². The molecule has 3 heteroatoms. The molecule has 2 fully saturated rings. The second kappa shape index (κ2) is 7.23. The molecular formula is C20H32N2O. The number of piperazine rings is 1. The molecule has 3 nitrogen and oxygen atoms in total. The average Bonchev–Trinajstić information content (AvgIpc) is 3.00. The van der Waals surface area contributed by atoms with Crippen LogP contribution in [0.25, 0.3) is 0 Å². The molecule has 0 radical (unpaired) electrons. The number of rotatable bonds is 5. The molecule has 0 spiro atoms. The zero-order valence-corrected chi connectivity index (χ0v) is 15.1. The van der Waals surface area contributed by atoms with Crippen LogP contribution in [0.15, 0.2) is 24.3 Å². The monoisotopic (exact) mass is 316 g/mol. The second-order valence-electron chi connectivity index (χ2n) is 7.47. The third-order valence-electron chi connectivity index (χ3n) is 6.02. The van der Waals surface area contributed by atoms with Crippen molar-refractivity contribution in [1.82, 2.24) is 4.90 Å². The quantitative estimate of drug-likeness (QED) is 0.823. The van der Waals surface area contributed by atoms with E-state index in [-0.39, 0.29) is 0 Å². The van der Waals surface area contributed by atoms with Crippen molar-refractivity contribution in [1.29, 1.82) is 0 Å². The highest BCUT2D eigenvalue weighted by molar-refractivity contribution is 5.47. The number of ether oxygens (including phenoxy) is 1. The van der Waals surface area contributed by atoms with Gasteiger partial charge >= 0.3 is 0 Å². The van der Waals surface area contributed by atoms with Gasteiger partial charge in [-0.2, -0.15) is 0 Å². The van der Waals surface area contributed by atoms with Crippen molar-refractivity contribution < 1.29 is 4.74 Å². The van der Waals surface area contributed by atoms with E-state index >= 15 is 0 Å². The lowest BCUT2D eigenvalue weighted by Gasteiger charge is -2.37. The number of aryl methyl sites for hydroxylation is 1. The largest absolute Gasteiger partial charge is 0.376 e. The molecular weight excluding hydrogens is 284 g/mol. The topological polar surface area (TPSA) is 15.7 Å². The fraction of sp³-hybridized carbons (Fsp3) is 0.700. The average molecular weight is 316 g/mol. The summed E-state index contributed by atoms with van der Waals surface area (Å²) in [6, 6.07) is 8.93. The molecule has 2 aliphatic heterocycles. The van der Waals surface area contributed by atoms with Gasteiger partial charge in [0.25, 0.3) is 0 Å². The summed E-state index contributed by atoms with van der Waals surface area (Å²) in [7, 11) is 0. The highest BCUT2D eigenvalue weighted by Crippen LogP contribution is 2.39. The molecule has 0 aromatic heterocycles. The third kappa shape index (κ3) is 3.89. The number of hydrogen-bond acceptors (Lipinski definition) is 3. The van der Waals surface area contributed by atoms with Gasteiger partial charge in [0.05, 0.1) is 12.7 Å². The summed E-state index contributed by atoms with van der Waals surface area (Å²) >= 11 is 0.